The number of hydrogen-bond acceptors (Lipinski definition) is 3. The summed E-state index contributed by atoms with van der Waals surface area (Å²) in [5.41, 5.74) is 0. The number of carboxylic acid groups (broad SMARTS) is 1. The van der Waals surface area contributed by atoms with E-state index in [0.717, 1.165) is 25.7 Å². The van der Waals surface area contributed by atoms with Crippen LogP contribution >= 0.6 is 0 Å². The standard InChI is InChI=1S/C14H26N2O4/c17-11-10-16(12-6-2-1-3-7-12)14(20)15-9-5-4-8-13(18)19/h12,17H,1-11H2,(H,15,20)(H,18,19). The second kappa shape index (κ2) is 9.58. The highest BCUT2D eigenvalue weighted by Crippen LogP contribution is 2.22. The van der Waals surface area contributed by atoms with E-state index in [4.69, 9.17) is 10.2 Å². The van der Waals surface area contributed by atoms with E-state index >= 15 is 0 Å². The maximum atomic E-state index is 12.1. The zero-order valence-electron chi connectivity index (χ0n) is 12.0. The fourth-order valence-electron chi connectivity index (χ4n) is 2.65. The van der Waals surface area contributed by atoms with E-state index in [-0.39, 0.29) is 25.1 Å². The van der Waals surface area contributed by atoms with Crippen molar-refractivity contribution < 1.29 is 19.8 Å². The minimum atomic E-state index is -0.805. The fourth-order valence-corrected chi connectivity index (χ4v) is 2.65. The molecule has 20 heavy (non-hydrogen) atoms. The van der Waals surface area contributed by atoms with Gasteiger partial charge in [-0.2, -0.15) is 0 Å². The quantitative estimate of drug-likeness (QED) is 0.591. The third kappa shape index (κ3) is 6.23. The van der Waals surface area contributed by atoms with Gasteiger partial charge in [0.15, 0.2) is 0 Å². The van der Waals surface area contributed by atoms with Crippen molar-refractivity contribution in [2.45, 2.75) is 57.4 Å². The number of aliphatic carboxylic acids is 1. The van der Waals surface area contributed by atoms with E-state index in [0.29, 0.717) is 25.9 Å². The Hall–Kier alpha value is -1.30. The average Bonchev–Trinajstić information content (AvgIpc) is 2.44. The molecule has 0 aliphatic heterocycles. The maximum absolute atomic E-state index is 12.1. The lowest BCUT2D eigenvalue weighted by Crippen LogP contribution is -2.48. The molecular formula is C14H26N2O4. The molecule has 1 fully saturated rings. The van der Waals surface area contributed by atoms with Gasteiger partial charge in [0, 0.05) is 25.6 Å². The van der Waals surface area contributed by atoms with Crippen LogP contribution in [0.15, 0.2) is 0 Å². The summed E-state index contributed by atoms with van der Waals surface area (Å²) in [7, 11) is 0. The summed E-state index contributed by atoms with van der Waals surface area (Å²) >= 11 is 0. The van der Waals surface area contributed by atoms with Crippen LogP contribution in [-0.4, -0.2) is 52.9 Å². The largest absolute Gasteiger partial charge is 0.481 e. The summed E-state index contributed by atoms with van der Waals surface area (Å²) in [6, 6.07) is 0.0937. The molecule has 1 rings (SSSR count). The van der Waals surface area contributed by atoms with Gasteiger partial charge in [-0.15, -0.1) is 0 Å². The molecule has 0 heterocycles. The number of hydrogen-bond donors (Lipinski definition) is 3. The average molecular weight is 286 g/mol. The molecule has 0 radical (unpaired) electrons. The number of urea groups is 1. The van der Waals surface area contributed by atoms with Gasteiger partial charge >= 0.3 is 12.0 Å². The van der Waals surface area contributed by atoms with Crippen molar-refractivity contribution in [3.63, 3.8) is 0 Å². The molecule has 0 bridgehead atoms. The Kier molecular flexibility index (Phi) is 8.02. The van der Waals surface area contributed by atoms with Crippen LogP contribution in [0.3, 0.4) is 0 Å². The highest BCUT2D eigenvalue weighted by Gasteiger charge is 2.24. The number of aliphatic hydroxyl groups excluding tert-OH is 1. The molecule has 1 aliphatic carbocycles. The van der Waals surface area contributed by atoms with Crippen LogP contribution in [-0.2, 0) is 4.79 Å². The summed E-state index contributed by atoms with van der Waals surface area (Å²) in [5, 5.41) is 20.4. The molecule has 0 spiro atoms. The van der Waals surface area contributed by atoms with Gasteiger partial charge in [0.2, 0.25) is 0 Å². The smallest absolute Gasteiger partial charge is 0.317 e. The Morgan fingerprint density at radius 2 is 1.85 bits per heavy atom. The van der Waals surface area contributed by atoms with Crippen molar-refractivity contribution in [3.05, 3.63) is 0 Å². The first-order valence-corrected chi connectivity index (χ1v) is 7.52. The number of unbranched alkanes of at least 4 members (excludes halogenated alkanes) is 1. The van der Waals surface area contributed by atoms with Crippen LogP contribution in [0.5, 0.6) is 0 Å². The number of rotatable bonds is 8. The van der Waals surface area contributed by atoms with Crippen molar-refractivity contribution in [1.82, 2.24) is 10.2 Å². The summed E-state index contributed by atoms with van der Waals surface area (Å²) in [5.74, 6) is -0.805. The number of nitrogens with one attached hydrogen (secondary N) is 1. The Bertz CT molecular complexity index is 304. The van der Waals surface area contributed by atoms with Gasteiger partial charge in [-0.1, -0.05) is 19.3 Å². The van der Waals surface area contributed by atoms with E-state index in [1.165, 1.54) is 6.42 Å². The Morgan fingerprint density at radius 1 is 1.15 bits per heavy atom. The molecule has 0 aromatic heterocycles. The number of carbonyl (C=O) groups excluding carboxylic acids is 1. The van der Waals surface area contributed by atoms with E-state index in [1.54, 1.807) is 4.90 Å². The second-order valence-electron chi connectivity index (χ2n) is 5.29. The molecule has 0 atom stereocenters. The molecule has 2 amide bonds. The van der Waals surface area contributed by atoms with Gasteiger partial charge in [0.1, 0.15) is 0 Å². The van der Waals surface area contributed by atoms with Gasteiger partial charge in [0.25, 0.3) is 0 Å². The summed E-state index contributed by atoms with van der Waals surface area (Å²) in [4.78, 5) is 24.2. The van der Waals surface area contributed by atoms with Crippen molar-refractivity contribution in [2.75, 3.05) is 19.7 Å². The lowest BCUT2D eigenvalue weighted by molar-refractivity contribution is -0.137. The van der Waals surface area contributed by atoms with E-state index in [9.17, 15) is 9.59 Å². The van der Waals surface area contributed by atoms with Crippen molar-refractivity contribution >= 4 is 12.0 Å². The highest BCUT2D eigenvalue weighted by molar-refractivity contribution is 5.74. The Balaban J connectivity index is 2.30. The van der Waals surface area contributed by atoms with Crippen molar-refractivity contribution in [1.29, 1.82) is 0 Å². The second-order valence-corrected chi connectivity index (χ2v) is 5.29. The molecular weight excluding hydrogens is 260 g/mol. The molecule has 6 heteroatoms. The van der Waals surface area contributed by atoms with Crippen LogP contribution < -0.4 is 5.32 Å². The van der Waals surface area contributed by atoms with Gasteiger partial charge in [-0.05, 0) is 25.7 Å². The van der Waals surface area contributed by atoms with Crippen LogP contribution in [0.4, 0.5) is 4.79 Å². The summed E-state index contributed by atoms with van der Waals surface area (Å²) < 4.78 is 0. The van der Waals surface area contributed by atoms with Crippen LogP contribution in [0.2, 0.25) is 0 Å². The lowest BCUT2D eigenvalue weighted by Gasteiger charge is -2.34. The van der Waals surface area contributed by atoms with Gasteiger partial charge in [-0.3, -0.25) is 4.79 Å². The molecule has 0 saturated heterocycles. The number of nitrogens with zero attached hydrogens (tertiary/aromatic N) is 1. The number of aliphatic hydroxyl groups is 1. The number of amides is 2. The molecule has 0 aromatic carbocycles. The monoisotopic (exact) mass is 286 g/mol. The molecule has 0 unspecified atom stereocenters. The van der Waals surface area contributed by atoms with E-state index in [2.05, 4.69) is 5.32 Å². The zero-order chi connectivity index (χ0) is 14.8. The Morgan fingerprint density at radius 3 is 2.45 bits per heavy atom. The highest BCUT2D eigenvalue weighted by atomic mass is 16.4. The SMILES string of the molecule is O=C(O)CCCCNC(=O)N(CCO)C1CCCCC1. The van der Waals surface area contributed by atoms with Crippen molar-refractivity contribution in [3.8, 4) is 0 Å². The predicted molar refractivity (Wildman–Crippen MR) is 75.6 cm³/mol. The Labute approximate surface area is 120 Å². The minimum absolute atomic E-state index is 0.0249. The number of carboxylic acids is 1. The lowest BCUT2D eigenvalue weighted by atomic mass is 9.94. The van der Waals surface area contributed by atoms with Gasteiger partial charge in [-0.25, -0.2) is 4.79 Å². The predicted octanol–water partition coefficient (Wildman–Crippen LogP) is 1.58. The zero-order valence-corrected chi connectivity index (χ0v) is 12.0. The summed E-state index contributed by atoms with van der Waals surface area (Å²) in [6.45, 7) is 0.829. The third-order valence-electron chi connectivity index (χ3n) is 3.71. The first-order chi connectivity index (χ1) is 9.65. The third-order valence-corrected chi connectivity index (χ3v) is 3.71. The molecule has 3 N–H and O–H groups in total. The maximum Gasteiger partial charge on any atom is 0.317 e. The molecule has 1 saturated carbocycles. The number of carbonyl (C=O) groups is 2. The van der Waals surface area contributed by atoms with Crippen LogP contribution in [0, 0.1) is 0 Å². The van der Waals surface area contributed by atoms with Crippen LogP contribution in [0.25, 0.3) is 0 Å². The van der Waals surface area contributed by atoms with Gasteiger partial charge < -0.3 is 20.4 Å². The molecule has 6 nitrogen and oxygen atoms in total. The van der Waals surface area contributed by atoms with E-state index in [1.807, 2.05) is 0 Å². The molecule has 1 aliphatic rings. The first-order valence-electron chi connectivity index (χ1n) is 7.52. The molecule has 116 valence electrons. The summed E-state index contributed by atoms with van der Waals surface area (Å²) in [6.07, 6.45) is 6.88. The topological polar surface area (TPSA) is 89.9 Å². The minimum Gasteiger partial charge on any atom is -0.481 e. The normalized spacial score (nSPS) is 15.8. The van der Waals surface area contributed by atoms with Gasteiger partial charge in [0.05, 0.1) is 6.61 Å². The van der Waals surface area contributed by atoms with Crippen LogP contribution in [0.1, 0.15) is 51.4 Å². The van der Waals surface area contributed by atoms with E-state index < -0.39 is 5.97 Å². The fraction of sp³-hybridized carbons (Fsp3) is 0.857. The first kappa shape index (κ1) is 16.8. The van der Waals surface area contributed by atoms with Crippen molar-refractivity contribution in [2.24, 2.45) is 0 Å². The molecule has 0 aromatic rings.